The molecule has 0 saturated heterocycles. The van der Waals surface area contributed by atoms with Crippen LogP contribution in [0.15, 0.2) is 36.4 Å². The van der Waals surface area contributed by atoms with E-state index in [1.54, 1.807) is 7.11 Å². The molecule has 19 heavy (non-hydrogen) atoms. The average molecular weight is 251 g/mol. The molecule has 0 amide bonds. The molecule has 2 nitrogen and oxygen atoms in total. The van der Waals surface area contributed by atoms with Crippen LogP contribution in [0.3, 0.4) is 0 Å². The fourth-order valence-electron chi connectivity index (χ4n) is 3.56. The van der Waals surface area contributed by atoms with E-state index in [1.165, 1.54) is 27.8 Å². The molecule has 0 spiro atoms. The number of rotatable bonds is 1. The Morgan fingerprint density at radius 3 is 2.84 bits per heavy atom. The highest BCUT2D eigenvalue weighted by Crippen LogP contribution is 2.45. The minimum Gasteiger partial charge on any atom is -0.496 e. The number of nitrogens with one attached hydrogen (secondary N) is 1. The normalized spacial score (nSPS) is 19.5. The molecule has 1 aliphatic heterocycles. The van der Waals surface area contributed by atoms with Crippen LogP contribution in [0.4, 0.5) is 0 Å². The van der Waals surface area contributed by atoms with Crippen molar-refractivity contribution in [2.75, 3.05) is 13.7 Å². The lowest BCUT2D eigenvalue weighted by atomic mass is 9.78. The quantitative estimate of drug-likeness (QED) is 0.841. The van der Waals surface area contributed by atoms with E-state index < -0.39 is 0 Å². The first-order valence-electron chi connectivity index (χ1n) is 6.90. The monoisotopic (exact) mass is 251 g/mol. The number of methoxy groups -OCH3 is 1. The third-order valence-electron chi connectivity index (χ3n) is 4.36. The second-order valence-electron chi connectivity index (χ2n) is 5.33. The molecule has 1 heterocycles. The summed E-state index contributed by atoms with van der Waals surface area (Å²) in [6, 6.07) is 13.5. The molecule has 0 unspecified atom stereocenters. The molecule has 0 saturated carbocycles. The summed E-state index contributed by atoms with van der Waals surface area (Å²) in [4.78, 5) is 0. The molecule has 2 aromatic rings. The lowest BCUT2D eigenvalue weighted by Gasteiger charge is -2.34. The van der Waals surface area contributed by atoms with Crippen molar-refractivity contribution in [3.05, 3.63) is 53.1 Å². The maximum Gasteiger partial charge on any atom is 0.126 e. The van der Waals surface area contributed by atoms with Crippen LogP contribution in [0.1, 0.15) is 22.7 Å². The van der Waals surface area contributed by atoms with Crippen LogP contribution in [-0.4, -0.2) is 13.7 Å². The molecule has 0 radical (unpaired) electrons. The molecule has 0 bridgehead atoms. The van der Waals surface area contributed by atoms with Gasteiger partial charge in [0.1, 0.15) is 5.75 Å². The molecular weight excluding hydrogens is 234 g/mol. The van der Waals surface area contributed by atoms with E-state index in [4.69, 9.17) is 4.74 Å². The van der Waals surface area contributed by atoms with Gasteiger partial charge in [0.05, 0.1) is 7.11 Å². The van der Waals surface area contributed by atoms with Crippen molar-refractivity contribution < 1.29 is 4.74 Å². The lowest BCUT2D eigenvalue weighted by Crippen LogP contribution is -2.33. The Morgan fingerprint density at radius 2 is 1.95 bits per heavy atom. The Morgan fingerprint density at radius 1 is 1.11 bits per heavy atom. The van der Waals surface area contributed by atoms with Gasteiger partial charge in [-0.1, -0.05) is 30.3 Å². The number of ether oxygens (including phenoxy) is 1. The van der Waals surface area contributed by atoms with Crippen molar-refractivity contribution >= 4 is 0 Å². The van der Waals surface area contributed by atoms with Crippen LogP contribution in [-0.2, 0) is 12.8 Å². The van der Waals surface area contributed by atoms with Crippen molar-refractivity contribution in [1.29, 1.82) is 0 Å². The summed E-state index contributed by atoms with van der Waals surface area (Å²) in [5.41, 5.74) is 7.03. The average Bonchev–Trinajstić information content (AvgIpc) is 2.47. The van der Waals surface area contributed by atoms with Gasteiger partial charge in [0.15, 0.2) is 0 Å². The van der Waals surface area contributed by atoms with E-state index in [2.05, 4.69) is 41.7 Å². The summed E-state index contributed by atoms with van der Waals surface area (Å²) >= 11 is 0. The van der Waals surface area contributed by atoms with Gasteiger partial charge in [-0.15, -0.1) is 0 Å². The van der Waals surface area contributed by atoms with Gasteiger partial charge >= 0.3 is 0 Å². The predicted octanol–water partition coefficient (Wildman–Crippen LogP) is 3.11. The van der Waals surface area contributed by atoms with Crippen LogP contribution in [0.5, 0.6) is 5.75 Å². The molecule has 1 aliphatic carbocycles. The number of fused-ring (bicyclic) bond motifs is 2. The van der Waals surface area contributed by atoms with E-state index in [0.717, 1.165) is 25.1 Å². The van der Waals surface area contributed by atoms with E-state index in [0.29, 0.717) is 6.04 Å². The Balaban J connectivity index is 2.04. The minimum atomic E-state index is 0.472. The first kappa shape index (κ1) is 11.1. The van der Waals surface area contributed by atoms with E-state index in [-0.39, 0.29) is 0 Å². The smallest absolute Gasteiger partial charge is 0.126 e. The summed E-state index contributed by atoms with van der Waals surface area (Å²) < 4.78 is 5.58. The van der Waals surface area contributed by atoms with Crippen LogP contribution in [0, 0.1) is 0 Å². The largest absolute Gasteiger partial charge is 0.496 e. The van der Waals surface area contributed by atoms with Crippen molar-refractivity contribution in [3.8, 4) is 16.9 Å². The molecule has 0 fully saturated rings. The van der Waals surface area contributed by atoms with E-state index >= 15 is 0 Å². The van der Waals surface area contributed by atoms with Crippen molar-refractivity contribution in [2.45, 2.75) is 18.9 Å². The highest BCUT2D eigenvalue weighted by molar-refractivity contribution is 5.80. The molecule has 96 valence electrons. The summed E-state index contributed by atoms with van der Waals surface area (Å²) in [5, 5.41) is 3.65. The van der Waals surface area contributed by atoms with Gasteiger partial charge in [-0.05, 0) is 47.7 Å². The minimum absolute atomic E-state index is 0.472. The highest BCUT2D eigenvalue weighted by Gasteiger charge is 2.30. The standard InChI is InChI=1S/C17H17NO/c1-19-15-7-3-5-12-10-14-16-11(8-9-18-14)4-2-6-13(16)17(12)15/h2-7,14,18H,8-10H2,1H3/t14-/m0/s1. The van der Waals surface area contributed by atoms with Crippen molar-refractivity contribution in [3.63, 3.8) is 0 Å². The third-order valence-corrected chi connectivity index (χ3v) is 4.36. The molecule has 4 rings (SSSR count). The van der Waals surface area contributed by atoms with Gasteiger partial charge in [0.25, 0.3) is 0 Å². The Hall–Kier alpha value is -1.80. The molecule has 2 heteroatoms. The van der Waals surface area contributed by atoms with Crippen molar-refractivity contribution in [1.82, 2.24) is 5.32 Å². The zero-order chi connectivity index (χ0) is 12.8. The van der Waals surface area contributed by atoms with Gasteiger partial charge in [-0.25, -0.2) is 0 Å². The Labute approximate surface area is 113 Å². The Kier molecular flexibility index (Phi) is 2.39. The first-order chi connectivity index (χ1) is 9.38. The predicted molar refractivity (Wildman–Crippen MR) is 76.6 cm³/mol. The molecule has 0 aromatic heterocycles. The van der Waals surface area contributed by atoms with Crippen molar-refractivity contribution in [2.24, 2.45) is 0 Å². The summed E-state index contributed by atoms with van der Waals surface area (Å²) in [7, 11) is 1.76. The van der Waals surface area contributed by atoms with Gasteiger partial charge in [0, 0.05) is 11.6 Å². The molecule has 1 atom stereocenters. The maximum atomic E-state index is 5.58. The number of benzene rings is 2. The van der Waals surface area contributed by atoms with Crippen LogP contribution in [0.2, 0.25) is 0 Å². The van der Waals surface area contributed by atoms with Crippen LogP contribution >= 0.6 is 0 Å². The van der Waals surface area contributed by atoms with Crippen LogP contribution < -0.4 is 10.1 Å². The number of hydrogen-bond acceptors (Lipinski definition) is 2. The summed E-state index contributed by atoms with van der Waals surface area (Å²) in [5.74, 6) is 0.995. The lowest BCUT2D eigenvalue weighted by molar-refractivity contribution is 0.414. The summed E-state index contributed by atoms with van der Waals surface area (Å²) in [6.07, 6.45) is 2.20. The van der Waals surface area contributed by atoms with Gasteiger partial charge < -0.3 is 10.1 Å². The SMILES string of the molecule is COc1cccc2c1-c1cccc3c1[C@H](C2)NCC3. The maximum absolute atomic E-state index is 5.58. The molecular formula is C17H17NO. The Bertz CT molecular complexity index is 648. The molecule has 1 N–H and O–H groups in total. The van der Waals surface area contributed by atoms with E-state index in [9.17, 15) is 0 Å². The summed E-state index contributed by atoms with van der Waals surface area (Å²) in [6.45, 7) is 1.08. The molecule has 2 aliphatic rings. The highest BCUT2D eigenvalue weighted by atomic mass is 16.5. The van der Waals surface area contributed by atoms with Gasteiger partial charge in [-0.2, -0.15) is 0 Å². The third kappa shape index (κ3) is 1.53. The second kappa shape index (κ2) is 4.10. The fraction of sp³-hybridized carbons (Fsp3) is 0.294. The second-order valence-corrected chi connectivity index (χ2v) is 5.33. The van der Waals surface area contributed by atoms with Gasteiger partial charge in [0.2, 0.25) is 0 Å². The zero-order valence-corrected chi connectivity index (χ0v) is 11.1. The fourth-order valence-corrected chi connectivity index (χ4v) is 3.56. The molecule has 2 aromatic carbocycles. The van der Waals surface area contributed by atoms with Gasteiger partial charge in [-0.3, -0.25) is 0 Å². The zero-order valence-electron chi connectivity index (χ0n) is 11.1. The van der Waals surface area contributed by atoms with Crippen LogP contribution in [0.25, 0.3) is 11.1 Å². The van der Waals surface area contributed by atoms with E-state index in [1.807, 2.05) is 0 Å². The first-order valence-corrected chi connectivity index (χ1v) is 6.90. The number of hydrogen-bond donors (Lipinski definition) is 1. The topological polar surface area (TPSA) is 21.3 Å².